The molecule has 5 nitrogen and oxygen atoms in total. The monoisotopic (exact) mass is 1050 g/mol. The molecule has 0 spiro atoms. The molecular formula is C61H47N4OPt-3. The number of hydrogen-bond acceptors (Lipinski definition) is 4. The second-order valence-corrected chi connectivity index (χ2v) is 18.9. The SMILES string of the molecule is CC(C)(C)c1ccnc(-n2c3[c-]c(Oc4[c-]c(N5[CH-]N(c6c(-c7ccccc7)ccc7c6-c6ccccc6C7(C)C)c6ccccc65)ccc4)ccc3c3c(-c4ccccc4)cccc32)c1.[Pt]. The first kappa shape index (κ1) is 42.4. The predicted octanol–water partition coefficient (Wildman–Crippen LogP) is 15.9. The fraction of sp³-hybridized carbons (Fsp3) is 0.115. The fourth-order valence-corrected chi connectivity index (χ4v) is 10.2. The number of nitrogens with zero attached hydrogens (tertiary/aromatic N) is 4. The summed E-state index contributed by atoms with van der Waals surface area (Å²) in [5, 5.41) is 2.23. The average Bonchev–Trinajstić information content (AvgIpc) is 3.97. The molecule has 0 radical (unpaired) electrons. The maximum Gasteiger partial charge on any atom is 0.135 e. The Labute approximate surface area is 407 Å². The van der Waals surface area contributed by atoms with Crippen LogP contribution in [0.2, 0.25) is 0 Å². The van der Waals surface area contributed by atoms with E-state index in [-0.39, 0.29) is 31.9 Å². The molecule has 0 amide bonds. The van der Waals surface area contributed by atoms with Crippen LogP contribution < -0.4 is 14.5 Å². The van der Waals surface area contributed by atoms with E-state index in [1.54, 1.807) is 0 Å². The molecule has 2 aromatic heterocycles. The summed E-state index contributed by atoms with van der Waals surface area (Å²) in [6.07, 6.45) is 1.91. The van der Waals surface area contributed by atoms with E-state index in [1.807, 2.05) is 24.4 Å². The summed E-state index contributed by atoms with van der Waals surface area (Å²) in [6.45, 7) is 13.6. The van der Waals surface area contributed by atoms with E-state index < -0.39 is 0 Å². The zero-order valence-electron chi connectivity index (χ0n) is 38.0. The minimum Gasteiger partial charge on any atom is -0.509 e. The molecule has 1 aliphatic heterocycles. The number of fused-ring (bicyclic) bond motifs is 7. The van der Waals surface area contributed by atoms with Crippen molar-refractivity contribution < 1.29 is 25.8 Å². The number of para-hydroxylation sites is 2. The van der Waals surface area contributed by atoms with Gasteiger partial charge in [0, 0.05) is 77.9 Å². The van der Waals surface area contributed by atoms with Crippen LogP contribution in [0.5, 0.6) is 11.5 Å². The van der Waals surface area contributed by atoms with Gasteiger partial charge in [-0.25, -0.2) is 4.98 Å². The number of rotatable bonds is 7. The number of pyridine rings is 1. The molecule has 0 bridgehead atoms. The average molecular weight is 1050 g/mol. The molecule has 0 unspecified atom stereocenters. The van der Waals surface area contributed by atoms with Gasteiger partial charge in [0.05, 0.1) is 0 Å². The van der Waals surface area contributed by atoms with Crippen LogP contribution in [0.1, 0.15) is 51.3 Å². The maximum atomic E-state index is 6.77. The van der Waals surface area contributed by atoms with Crippen LogP contribution in [0.25, 0.3) is 61.0 Å². The Morgan fingerprint density at radius 1 is 0.582 bits per heavy atom. The van der Waals surface area contributed by atoms with E-state index in [0.717, 1.165) is 61.5 Å². The molecule has 0 saturated carbocycles. The van der Waals surface area contributed by atoms with E-state index in [0.29, 0.717) is 11.5 Å². The summed E-state index contributed by atoms with van der Waals surface area (Å²) in [4.78, 5) is 9.56. The second-order valence-electron chi connectivity index (χ2n) is 18.9. The molecule has 10 aromatic rings. The quantitative estimate of drug-likeness (QED) is 0.149. The van der Waals surface area contributed by atoms with Crippen LogP contribution in [-0.2, 0) is 31.9 Å². The number of ether oxygens (including phenoxy) is 1. The molecule has 12 rings (SSSR count). The Morgan fingerprint density at radius 3 is 2.00 bits per heavy atom. The Hall–Kier alpha value is -7.20. The summed E-state index contributed by atoms with van der Waals surface area (Å²) < 4.78 is 9.00. The second kappa shape index (κ2) is 16.3. The van der Waals surface area contributed by atoms with Gasteiger partial charge in [-0.15, -0.1) is 48.1 Å². The van der Waals surface area contributed by atoms with Crippen LogP contribution in [-0.4, -0.2) is 9.55 Å². The summed E-state index contributed by atoms with van der Waals surface area (Å²) >= 11 is 0. The normalized spacial score (nSPS) is 13.6. The number of hydrogen-bond donors (Lipinski definition) is 0. The van der Waals surface area contributed by atoms with E-state index in [9.17, 15) is 0 Å². The number of benzene rings is 8. The zero-order chi connectivity index (χ0) is 44.7. The molecule has 0 N–H and O–H groups in total. The van der Waals surface area contributed by atoms with Crippen molar-refractivity contribution in [3.05, 3.63) is 224 Å². The van der Waals surface area contributed by atoms with Crippen LogP contribution in [0, 0.1) is 18.8 Å². The van der Waals surface area contributed by atoms with E-state index >= 15 is 0 Å². The van der Waals surface area contributed by atoms with Crippen molar-refractivity contribution in [2.45, 2.75) is 45.4 Å². The third kappa shape index (κ3) is 6.98. The van der Waals surface area contributed by atoms with Crippen molar-refractivity contribution in [3.8, 4) is 50.7 Å². The van der Waals surface area contributed by atoms with Crippen molar-refractivity contribution in [1.29, 1.82) is 0 Å². The molecular weight excluding hydrogens is 1000 g/mol. The molecule has 6 heteroatoms. The van der Waals surface area contributed by atoms with Gasteiger partial charge in [-0.2, -0.15) is 12.1 Å². The van der Waals surface area contributed by atoms with Crippen LogP contribution in [0.3, 0.4) is 0 Å². The zero-order valence-corrected chi connectivity index (χ0v) is 40.3. The third-order valence-corrected chi connectivity index (χ3v) is 13.5. The van der Waals surface area contributed by atoms with E-state index in [2.05, 4.69) is 232 Å². The van der Waals surface area contributed by atoms with Crippen molar-refractivity contribution in [1.82, 2.24) is 9.55 Å². The molecule has 67 heavy (non-hydrogen) atoms. The van der Waals surface area contributed by atoms with Crippen molar-refractivity contribution in [3.63, 3.8) is 0 Å². The fourth-order valence-electron chi connectivity index (χ4n) is 10.2. The maximum absolute atomic E-state index is 6.77. The summed E-state index contributed by atoms with van der Waals surface area (Å²) in [7, 11) is 0. The van der Waals surface area contributed by atoms with Crippen molar-refractivity contribution in [2.75, 3.05) is 9.80 Å². The van der Waals surface area contributed by atoms with Gasteiger partial charge in [-0.05, 0) is 80.1 Å². The van der Waals surface area contributed by atoms with Crippen LogP contribution >= 0.6 is 0 Å². The third-order valence-electron chi connectivity index (χ3n) is 13.5. The van der Waals surface area contributed by atoms with Gasteiger partial charge in [-0.3, -0.25) is 0 Å². The van der Waals surface area contributed by atoms with Gasteiger partial charge in [0.25, 0.3) is 0 Å². The summed E-state index contributed by atoms with van der Waals surface area (Å²) in [6, 6.07) is 72.0. The Bertz CT molecular complexity index is 3510. The summed E-state index contributed by atoms with van der Waals surface area (Å²) in [5.41, 5.74) is 17.0. The largest absolute Gasteiger partial charge is 0.509 e. The van der Waals surface area contributed by atoms with Gasteiger partial charge < -0.3 is 19.1 Å². The first-order valence-corrected chi connectivity index (χ1v) is 22.7. The molecule has 0 atom stereocenters. The summed E-state index contributed by atoms with van der Waals surface area (Å²) in [5.74, 6) is 2.03. The van der Waals surface area contributed by atoms with E-state index in [4.69, 9.17) is 9.72 Å². The number of anilines is 4. The van der Waals surface area contributed by atoms with Crippen molar-refractivity contribution >= 4 is 44.6 Å². The number of aromatic nitrogens is 2. The first-order valence-electron chi connectivity index (χ1n) is 22.7. The molecule has 3 heterocycles. The Morgan fingerprint density at radius 2 is 1.24 bits per heavy atom. The van der Waals surface area contributed by atoms with Gasteiger partial charge >= 0.3 is 0 Å². The molecule has 0 fully saturated rings. The predicted molar refractivity (Wildman–Crippen MR) is 271 cm³/mol. The molecule has 2 aliphatic rings. The minimum absolute atomic E-state index is 0. The van der Waals surface area contributed by atoms with E-state index in [1.165, 1.54) is 38.9 Å². The van der Waals surface area contributed by atoms with Gasteiger partial charge in [0.15, 0.2) is 0 Å². The Kier molecular flexibility index (Phi) is 10.3. The molecule has 0 saturated heterocycles. The van der Waals surface area contributed by atoms with Crippen molar-refractivity contribution in [2.24, 2.45) is 0 Å². The first-order chi connectivity index (χ1) is 32.1. The smallest absolute Gasteiger partial charge is 0.135 e. The molecule has 330 valence electrons. The molecule has 1 aliphatic carbocycles. The van der Waals surface area contributed by atoms with Crippen LogP contribution in [0.4, 0.5) is 22.7 Å². The van der Waals surface area contributed by atoms with Gasteiger partial charge in [0.2, 0.25) is 0 Å². The standard InChI is InChI=1S/C61H47N4O.Pt/c1-60(2,3)42-34-35-62-56(36-42)65-54-29-17-25-46(40-18-8-6-9-19-40)57(54)49-31-30-45(38-55(49)65)66-44-23-16-22-43(37-44)63-39-64(53-28-15-14-27-52(53)63)59-47(41-20-10-7-11-21-41)32-33-51-58(59)48-24-12-13-26-50(48)61(51,4)5;/h6-36,39H,1-5H3;/q-3;. The topological polar surface area (TPSA) is 33.5 Å². The van der Waals surface area contributed by atoms with Gasteiger partial charge in [0.1, 0.15) is 5.82 Å². The minimum atomic E-state index is -0.153. The van der Waals surface area contributed by atoms with Gasteiger partial charge in [-0.1, -0.05) is 161 Å². The molecule has 8 aromatic carbocycles. The van der Waals surface area contributed by atoms with Crippen LogP contribution in [0.15, 0.2) is 188 Å². The Balaban J connectivity index is 0.00000494.